The van der Waals surface area contributed by atoms with Gasteiger partial charge in [-0.3, -0.25) is 0 Å². The standard InChI is InChI=1S/C21H18/c1-4-16-8-9-20(13-17(16)5-2)21-11-10-18-12-15(3)6-7-19(18)14-21/h4-14H,1-2H2,3H3. The van der Waals surface area contributed by atoms with Gasteiger partial charge in [0.2, 0.25) is 0 Å². The molecule has 0 fully saturated rings. The molecule has 21 heavy (non-hydrogen) atoms. The Kier molecular flexibility index (Phi) is 3.45. The Morgan fingerprint density at radius 2 is 1.29 bits per heavy atom. The summed E-state index contributed by atoms with van der Waals surface area (Å²) in [5.41, 5.74) is 5.96. The summed E-state index contributed by atoms with van der Waals surface area (Å²) in [6, 6.07) is 19.6. The number of fused-ring (bicyclic) bond motifs is 1. The molecule has 0 heteroatoms. The van der Waals surface area contributed by atoms with E-state index in [1.807, 2.05) is 12.2 Å². The van der Waals surface area contributed by atoms with Gasteiger partial charge in [0.05, 0.1) is 0 Å². The van der Waals surface area contributed by atoms with E-state index in [2.05, 4.69) is 74.7 Å². The van der Waals surface area contributed by atoms with Crippen molar-refractivity contribution >= 4 is 22.9 Å². The van der Waals surface area contributed by atoms with Crippen molar-refractivity contribution in [1.82, 2.24) is 0 Å². The second-order valence-corrected chi connectivity index (χ2v) is 5.32. The summed E-state index contributed by atoms with van der Waals surface area (Å²) in [4.78, 5) is 0. The molecule has 0 aliphatic heterocycles. The van der Waals surface area contributed by atoms with Gasteiger partial charge >= 0.3 is 0 Å². The molecule has 3 aromatic carbocycles. The summed E-state index contributed by atoms with van der Waals surface area (Å²) in [5.74, 6) is 0. The third kappa shape index (κ3) is 2.53. The molecule has 0 bridgehead atoms. The molecular formula is C21H18. The molecule has 0 saturated carbocycles. The maximum atomic E-state index is 3.89. The minimum absolute atomic E-state index is 1.12. The quantitative estimate of drug-likeness (QED) is 0.539. The van der Waals surface area contributed by atoms with E-state index >= 15 is 0 Å². The number of hydrogen-bond acceptors (Lipinski definition) is 0. The number of rotatable bonds is 3. The van der Waals surface area contributed by atoms with Crippen LogP contribution in [0.15, 0.2) is 67.8 Å². The predicted molar refractivity (Wildman–Crippen MR) is 94.3 cm³/mol. The minimum atomic E-state index is 1.12. The second kappa shape index (κ2) is 5.41. The first-order valence-electron chi connectivity index (χ1n) is 7.11. The summed E-state index contributed by atoms with van der Waals surface area (Å²) in [7, 11) is 0. The Hall–Kier alpha value is -2.60. The van der Waals surface area contributed by atoms with E-state index in [9.17, 15) is 0 Å². The first kappa shape index (κ1) is 13.4. The zero-order chi connectivity index (χ0) is 14.8. The molecule has 0 unspecified atom stereocenters. The average molecular weight is 270 g/mol. The van der Waals surface area contributed by atoms with Crippen molar-refractivity contribution in [2.75, 3.05) is 0 Å². The smallest absolute Gasteiger partial charge is 0.0177 e. The van der Waals surface area contributed by atoms with Gasteiger partial charge in [0, 0.05) is 0 Å². The van der Waals surface area contributed by atoms with Crippen LogP contribution in [0.5, 0.6) is 0 Å². The molecular weight excluding hydrogens is 252 g/mol. The molecule has 102 valence electrons. The lowest BCUT2D eigenvalue weighted by Gasteiger charge is -2.08. The molecule has 3 aromatic rings. The van der Waals surface area contributed by atoms with Crippen LogP contribution in [-0.2, 0) is 0 Å². The number of benzene rings is 3. The molecule has 0 aliphatic carbocycles. The van der Waals surface area contributed by atoms with Crippen LogP contribution in [0.3, 0.4) is 0 Å². The molecule has 0 spiro atoms. The van der Waals surface area contributed by atoms with Crippen molar-refractivity contribution in [3.8, 4) is 11.1 Å². The van der Waals surface area contributed by atoms with Crippen LogP contribution in [0.2, 0.25) is 0 Å². The second-order valence-electron chi connectivity index (χ2n) is 5.32. The van der Waals surface area contributed by atoms with Crippen molar-refractivity contribution in [2.45, 2.75) is 6.92 Å². The van der Waals surface area contributed by atoms with Gasteiger partial charge in [-0.25, -0.2) is 0 Å². The lowest BCUT2D eigenvalue weighted by atomic mass is 9.96. The van der Waals surface area contributed by atoms with Gasteiger partial charge in [-0.1, -0.05) is 73.3 Å². The van der Waals surface area contributed by atoms with Crippen LogP contribution in [0.25, 0.3) is 34.1 Å². The summed E-state index contributed by atoms with van der Waals surface area (Å²) < 4.78 is 0. The van der Waals surface area contributed by atoms with Crippen LogP contribution >= 0.6 is 0 Å². The highest BCUT2D eigenvalue weighted by Crippen LogP contribution is 2.27. The molecule has 0 aliphatic rings. The van der Waals surface area contributed by atoms with Crippen LogP contribution in [0, 0.1) is 6.92 Å². The van der Waals surface area contributed by atoms with E-state index in [1.54, 1.807) is 0 Å². The van der Waals surface area contributed by atoms with Crippen molar-refractivity contribution in [3.63, 3.8) is 0 Å². The number of aryl methyl sites for hydroxylation is 1. The molecule has 0 radical (unpaired) electrons. The van der Waals surface area contributed by atoms with Gasteiger partial charge in [0.25, 0.3) is 0 Å². The Bertz CT molecular complexity index is 838. The maximum absolute atomic E-state index is 3.89. The van der Waals surface area contributed by atoms with Crippen molar-refractivity contribution in [2.24, 2.45) is 0 Å². The third-order valence-electron chi connectivity index (χ3n) is 3.86. The first-order chi connectivity index (χ1) is 10.2. The Labute approximate surface area is 126 Å². The first-order valence-corrected chi connectivity index (χ1v) is 7.11. The zero-order valence-corrected chi connectivity index (χ0v) is 12.3. The largest absolute Gasteiger partial charge is 0.0984 e. The van der Waals surface area contributed by atoms with Crippen LogP contribution in [0.1, 0.15) is 16.7 Å². The molecule has 0 N–H and O–H groups in total. The Balaban J connectivity index is 2.13. The van der Waals surface area contributed by atoms with Gasteiger partial charge in [-0.2, -0.15) is 0 Å². The fourth-order valence-corrected chi connectivity index (χ4v) is 2.66. The molecule has 0 amide bonds. The molecule has 0 aromatic heterocycles. The van der Waals surface area contributed by atoms with E-state index in [-0.39, 0.29) is 0 Å². The number of hydrogen-bond donors (Lipinski definition) is 0. The molecule has 0 nitrogen and oxygen atoms in total. The average Bonchev–Trinajstić information content (AvgIpc) is 2.53. The maximum Gasteiger partial charge on any atom is -0.0177 e. The van der Waals surface area contributed by atoms with Crippen LogP contribution in [0.4, 0.5) is 0 Å². The van der Waals surface area contributed by atoms with Gasteiger partial charge < -0.3 is 0 Å². The SMILES string of the molecule is C=Cc1ccc(-c2ccc3cc(C)ccc3c2)cc1C=C. The lowest BCUT2D eigenvalue weighted by Crippen LogP contribution is -1.84. The third-order valence-corrected chi connectivity index (χ3v) is 3.86. The van der Waals surface area contributed by atoms with E-state index in [4.69, 9.17) is 0 Å². The molecule has 0 heterocycles. The zero-order valence-electron chi connectivity index (χ0n) is 12.3. The Morgan fingerprint density at radius 1 is 0.667 bits per heavy atom. The van der Waals surface area contributed by atoms with E-state index in [0.29, 0.717) is 0 Å². The topological polar surface area (TPSA) is 0 Å². The highest BCUT2D eigenvalue weighted by molar-refractivity contribution is 5.88. The van der Waals surface area contributed by atoms with Gasteiger partial charge in [0.1, 0.15) is 0 Å². The minimum Gasteiger partial charge on any atom is -0.0984 e. The molecule has 3 rings (SSSR count). The highest BCUT2D eigenvalue weighted by atomic mass is 14.1. The van der Waals surface area contributed by atoms with E-state index in [0.717, 1.165) is 11.1 Å². The van der Waals surface area contributed by atoms with E-state index < -0.39 is 0 Å². The normalized spacial score (nSPS) is 10.5. The van der Waals surface area contributed by atoms with Crippen molar-refractivity contribution in [3.05, 3.63) is 84.4 Å². The molecule has 0 atom stereocenters. The van der Waals surface area contributed by atoms with Crippen molar-refractivity contribution < 1.29 is 0 Å². The van der Waals surface area contributed by atoms with Crippen molar-refractivity contribution in [1.29, 1.82) is 0 Å². The van der Waals surface area contributed by atoms with Gasteiger partial charge in [0.15, 0.2) is 0 Å². The summed E-state index contributed by atoms with van der Waals surface area (Å²) >= 11 is 0. The molecule has 0 saturated heterocycles. The van der Waals surface area contributed by atoms with Gasteiger partial charge in [-0.15, -0.1) is 0 Å². The fourth-order valence-electron chi connectivity index (χ4n) is 2.66. The highest BCUT2D eigenvalue weighted by Gasteiger charge is 2.03. The van der Waals surface area contributed by atoms with Crippen LogP contribution in [-0.4, -0.2) is 0 Å². The van der Waals surface area contributed by atoms with Gasteiger partial charge in [-0.05, 0) is 52.1 Å². The fraction of sp³-hybridized carbons (Fsp3) is 0.0476. The Morgan fingerprint density at radius 3 is 2.05 bits per heavy atom. The summed E-state index contributed by atoms with van der Waals surface area (Å²) in [6.07, 6.45) is 3.74. The predicted octanol–water partition coefficient (Wildman–Crippen LogP) is 6.10. The monoisotopic (exact) mass is 270 g/mol. The summed E-state index contributed by atoms with van der Waals surface area (Å²) in [5, 5.41) is 2.55. The van der Waals surface area contributed by atoms with E-state index in [1.165, 1.54) is 27.5 Å². The lowest BCUT2D eigenvalue weighted by molar-refractivity contribution is 1.50. The summed E-state index contributed by atoms with van der Waals surface area (Å²) in [6.45, 7) is 9.85. The van der Waals surface area contributed by atoms with Crippen LogP contribution < -0.4 is 0 Å².